The molecule has 1 aromatic carbocycles. The van der Waals surface area contributed by atoms with Crippen LogP contribution in [-0.4, -0.2) is 32.7 Å². The first-order chi connectivity index (χ1) is 8.46. The first-order valence-corrected chi connectivity index (χ1v) is 7.69. The van der Waals surface area contributed by atoms with E-state index in [1.54, 1.807) is 18.2 Å². The SMILES string of the molecule is COCC(=O)Nc1cccc(NS(=O)(=O)CBr)c1. The summed E-state index contributed by atoms with van der Waals surface area (Å²) < 4.78 is 29.5. The maximum atomic E-state index is 11.3. The van der Waals surface area contributed by atoms with Gasteiger partial charge in [0.2, 0.25) is 15.9 Å². The molecular weight excluding hydrogens is 324 g/mol. The average molecular weight is 337 g/mol. The molecule has 0 fully saturated rings. The third-order valence-corrected chi connectivity index (χ3v) is 4.48. The summed E-state index contributed by atoms with van der Waals surface area (Å²) >= 11 is 2.87. The molecule has 0 aliphatic carbocycles. The Bertz CT molecular complexity index is 518. The molecule has 0 aliphatic heterocycles. The van der Waals surface area contributed by atoms with E-state index in [0.29, 0.717) is 11.4 Å². The smallest absolute Gasteiger partial charge is 0.250 e. The van der Waals surface area contributed by atoms with Gasteiger partial charge in [0.15, 0.2) is 0 Å². The number of nitrogens with one attached hydrogen (secondary N) is 2. The number of carbonyl (C=O) groups is 1. The van der Waals surface area contributed by atoms with Gasteiger partial charge in [0, 0.05) is 12.8 Å². The number of hydrogen-bond acceptors (Lipinski definition) is 4. The third kappa shape index (κ3) is 5.03. The summed E-state index contributed by atoms with van der Waals surface area (Å²) in [5.41, 5.74) is 0.872. The molecule has 0 radical (unpaired) electrons. The minimum absolute atomic E-state index is 0.0582. The number of amides is 1. The van der Waals surface area contributed by atoms with Gasteiger partial charge in [-0.1, -0.05) is 22.0 Å². The van der Waals surface area contributed by atoms with Crippen LogP contribution in [0.25, 0.3) is 0 Å². The van der Waals surface area contributed by atoms with Crippen LogP contribution in [-0.2, 0) is 19.6 Å². The zero-order valence-corrected chi connectivity index (χ0v) is 12.0. The Morgan fingerprint density at radius 2 is 2.06 bits per heavy atom. The number of ether oxygens (including phenoxy) is 1. The summed E-state index contributed by atoms with van der Waals surface area (Å²) in [5, 5.41) is 2.58. The lowest BCUT2D eigenvalue weighted by atomic mass is 10.3. The van der Waals surface area contributed by atoms with Gasteiger partial charge >= 0.3 is 0 Å². The quantitative estimate of drug-likeness (QED) is 0.768. The van der Waals surface area contributed by atoms with Crippen molar-refractivity contribution >= 4 is 43.2 Å². The Labute approximate surface area is 114 Å². The molecule has 0 saturated heterocycles. The maximum absolute atomic E-state index is 11.3. The van der Waals surface area contributed by atoms with Gasteiger partial charge in [-0.25, -0.2) is 8.42 Å². The molecule has 0 bridgehead atoms. The molecule has 0 aromatic heterocycles. The second-order valence-corrected chi connectivity index (χ2v) is 6.41. The van der Waals surface area contributed by atoms with E-state index in [2.05, 4.69) is 30.7 Å². The van der Waals surface area contributed by atoms with Crippen molar-refractivity contribution in [1.82, 2.24) is 0 Å². The fourth-order valence-corrected chi connectivity index (χ4v) is 2.08. The van der Waals surface area contributed by atoms with Crippen LogP contribution in [0.4, 0.5) is 11.4 Å². The molecule has 0 atom stereocenters. The van der Waals surface area contributed by atoms with Crippen LogP contribution >= 0.6 is 15.9 Å². The van der Waals surface area contributed by atoms with E-state index in [1.165, 1.54) is 13.2 Å². The van der Waals surface area contributed by atoms with E-state index in [0.717, 1.165) is 0 Å². The standard InChI is InChI=1S/C10H13BrN2O4S/c1-17-6-10(14)12-8-3-2-4-9(5-8)13-18(15,16)7-11/h2-5,13H,6-7H2,1H3,(H,12,14). The van der Waals surface area contributed by atoms with E-state index in [4.69, 9.17) is 0 Å². The van der Waals surface area contributed by atoms with Crippen LogP contribution in [0.1, 0.15) is 0 Å². The zero-order chi connectivity index (χ0) is 13.6. The van der Waals surface area contributed by atoms with Gasteiger partial charge in [0.25, 0.3) is 0 Å². The monoisotopic (exact) mass is 336 g/mol. The number of halogens is 1. The molecule has 2 N–H and O–H groups in total. The Hall–Kier alpha value is -1.12. The van der Waals surface area contributed by atoms with Gasteiger partial charge in [0.1, 0.15) is 11.3 Å². The van der Waals surface area contributed by atoms with Crippen molar-refractivity contribution in [1.29, 1.82) is 0 Å². The summed E-state index contributed by atoms with van der Waals surface area (Å²) in [6.45, 7) is -0.0582. The van der Waals surface area contributed by atoms with E-state index in [1.807, 2.05) is 0 Å². The topological polar surface area (TPSA) is 84.5 Å². The molecular formula is C10H13BrN2O4S. The molecule has 6 nitrogen and oxygen atoms in total. The van der Waals surface area contributed by atoms with Crippen molar-refractivity contribution in [3.05, 3.63) is 24.3 Å². The Morgan fingerprint density at radius 1 is 1.39 bits per heavy atom. The molecule has 1 rings (SSSR count). The molecule has 0 unspecified atom stereocenters. The number of alkyl halides is 1. The lowest BCUT2D eigenvalue weighted by Gasteiger charge is -2.08. The highest BCUT2D eigenvalue weighted by Gasteiger charge is 2.08. The molecule has 0 heterocycles. The summed E-state index contributed by atoms with van der Waals surface area (Å²) in [6, 6.07) is 6.40. The van der Waals surface area contributed by atoms with E-state index < -0.39 is 10.0 Å². The van der Waals surface area contributed by atoms with Crippen LogP contribution in [0.2, 0.25) is 0 Å². The normalized spacial score (nSPS) is 11.0. The van der Waals surface area contributed by atoms with Gasteiger partial charge in [-0.05, 0) is 18.2 Å². The van der Waals surface area contributed by atoms with Crippen LogP contribution in [0.5, 0.6) is 0 Å². The summed E-state index contributed by atoms with van der Waals surface area (Å²) in [7, 11) is -1.98. The van der Waals surface area contributed by atoms with Gasteiger partial charge in [-0.2, -0.15) is 0 Å². The van der Waals surface area contributed by atoms with Crippen molar-refractivity contribution in [3.8, 4) is 0 Å². The van der Waals surface area contributed by atoms with Crippen LogP contribution in [0.15, 0.2) is 24.3 Å². The van der Waals surface area contributed by atoms with Crippen LogP contribution in [0, 0.1) is 0 Å². The van der Waals surface area contributed by atoms with Gasteiger partial charge in [-0.15, -0.1) is 0 Å². The molecule has 0 saturated carbocycles. The summed E-state index contributed by atoms with van der Waals surface area (Å²) in [5.74, 6) is -0.307. The van der Waals surface area contributed by atoms with Crippen molar-refractivity contribution in [3.63, 3.8) is 0 Å². The number of anilines is 2. The van der Waals surface area contributed by atoms with Crippen molar-refractivity contribution in [2.45, 2.75) is 0 Å². The largest absolute Gasteiger partial charge is 0.375 e. The van der Waals surface area contributed by atoms with Crippen LogP contribution < -0.4 is 10.0 Å². The summed E-state index contributed by atoms with van der Waals surface area (Å²) in [6.07, 6.45) is 0. The maximum Gasteiger partial charge on any atom is 0.250 e. The minimum atomic E-state index is -3.40. The van der Waals surface area contributed by atoms with Crippen molar-refractivity contribution in [2.24, 2.45) is 0 Å². The Morgan fingerprint density at radius 3 is 2.67 bits per heavy atom. The first kappa shape index (κ1) is 14.9. The molecule has 1 aromatic rings. The summed E-state index contributed by atoms with van der Waals surface area (Å²) in [4.78, 5) is 11.3. The molecule has 0 spiro atoms. The second kappa shape index (κ2) is 6.72. The minimum Gasteiger partial charge on any atom is -0.375 e. The lowest BCUT2D eigenvalue weighted by molar-refractivity contribution is -0.119. The Balaban J connectivity index is 2.77. The highest BCUT2D eigenvalue weighted by molar-refractivity contribution is 9.10. The van der Waals surface area contributed by atoms with E-state index in [9.17, 15) is 13.2 Å². The number of rotatable bonds is 6. The fourth-order valence-electron chi connectivity index (χ4n) is 1.20. The average Bonchev–Trinajstić information content (AvgIpc) is 2.29. The van der Waals surface area contributed by atoms with Crippen molar-refractivity contribution in [2.75, 3.05) is 28.4 Å². The molecule has 1 amide bonds. The second-order valence-electron chi connectivity index (χ2n) is 3.39. The predicted molar refractivity (Wildman–Crippen MR) is 73.3 cm³/mol. The number of hydrogen-bond donors (Lipinski definition) is 2. The molecule has 18 heavy (non-hydrogen) atoms. The highest BCUT2D eigenvalue weighted by atomic mass is 79.9. The third-order valence-electron chi connectivity index (χ3n) is 1.84. The molecule has 8 heteroatoms. The molecule has 0 aliphatic rings. The van der Waals surface area contributed by atoms with E-state index in [-0.39, 0.29) is 17.2 Å². The zero-order valence-electron chi connectivity index (χ0n) is 9.64. The number of methoxy groups -OCH3 is 1. The van der Waals surface area contributed by atoms with Gasteiger partial charge in [0.05, 0.1) is 5.69 Å². The van der Waals surface area contributed by atoms with Gasteiger partial charge < -0.3 is 10.1 Å². The molecule has 100 valence electrons. The van der Waals surface area contributed by atoms with Crippen molar-refractivity contribution < 1.29 is 17.9 Å². The Kier molecular flexibility index (Phi) is 5.57. The van der Waals surface area contributed by atoms with Gasteiger partial charge in [-0.3, -0.25) is 9.52 Å². The highest BCUT2D eigenvalue weighted by Crippen LogP contribution is 2.16. The van der Waals surface area contributed by atoms with Crippen LogP contribution in [0.3, 0.4) is 0 Å². The number of benzene rings is 1. The first-order valence-electron chi connectivity index (χ1n) is 4.92. The predicted octanol–water partition coefficient (Wildman–Crippen LogP) is 1.37. The van der Waals surface area contributed by atoms with E-state index >= 15 is 0 Å². The lowest BCUT2D eigenvalue weighted by Crippen LogP contribution is -2.17. The number of sulfonamides is 1. The fraction of sp³-hybridized carbons (Fsp3) is 0.300. The number of carbonyl (C=O) groups excluding carboxylic acids is 1.